The molecule has 1 aromatic carbocycles. The number of carbonyl (C=O) groups excluding carboxylic acids is 1. The Morgan fingerprint density at radius 1 is 1.35 bits per heavy atom. The standard InChI is InChI=1S/C16H16F3NO3/c1-20(15(21)12-6-7-23-9-12)14(10-22-2)11-4-3-5-13(8-11)16(17,18)19/h3-9,14H,10H2,1-2H3/t14-/m1/s1. The van der Waals surface area contributed by atoms with Crippen molar-refractivity contribution in [3.8, 4) is 0 Å². The second-order valence-electron chi connectivity index (χ2n) is 5.02. The topological polar surface area (TPSA) is 42.7 Å². The van der Waals surface area contributed by atoms with Gasteiger partial charge < -0.3 is 14.1 Å². The maximum absolute atomic E-state index is 12.9. The molecule has 0 saturated carbocycles. The van der Waals surface area contributed by atoms with E-state index < -0.39 is 17.8 Å². The van der Waals surface area contributed by atoms with Gasteiger partial charge in [-0.1, -0.05) is 12.1 Å². The molecule has 7 heteroatoms. The molecule has 0 aliphatic carbocycles. The Morgan fingerprint density at radius 2 is 2.09 bits per heavy atom. The maximum atomic E-state index is 12.9. The number of halogens is 3. The van der Waals surface area contributed by atoms with E-state index in [1.807, 2.05) is 0 Å². The molecule has 23 heavy (non-hydrogen) atoms. The van der Waals surface area contributed by atoms with Crippen molar-refractivity contribution in [3.63, 3.8) is 0 Å². The number of nitrogens with zero attached hydrogens (tertiary/aromatic N) is 1. The Balaban J connectivity index is 2.33. The lowest BCUT2D eigenvalue weighted by atomic mass is 10.0. The average molecular weight is 327 g/mol. The Hall–Kier alpha value is -2.28. The molecular formula is C16H16F3NO3. The predicted molar refractivity (Wildman–Crippen MR) is 76.9 cm³/mol. The van der Waals surface area contributed by atoms with Crippen molar-refractivity contribution in [2.24, 2.45) is 0 Å². The fourth-order valence-corrected chi connectivity index (χ4v) is 2.24. The highest BCUT2D eigenvalue weighted by Gasteiger charge is 2.32. The summed E-state index contributed by atoms with van der Waals surface area (Å²) in [5.41, 5.74) is -0.0955. The lowest BCUT2D eigenvalue weighted by Crippen LogP contribution is -2.33. The second-order valence-corrected chi connectivity index (χ2v) is 5.02. The Kier molecular flexibility index (Phi) is 5.10. The van der Waals surface area contributed by atoms with Gasteiger partial charge in [0.05, 0.1) is 30.0 Å². The van der Waals surface area contributed by atoms with Gasteiger partial charge in [-0.2, -0.15) is 13.2 Å². The number of likely N-dealkylation sites (N-methyl/N-ethyl adjacent to an activating group) is 1. The fraction of sp³-hybridized carbons (Fsp3) is 0.312. The number of ether oxygens (including phenoxy) is 1. The van der Waals surface area contributed by atoms with Gasteiger partial charge in [0.25, 0.3) is 5.91 Å². The van der Waals surface area contributed by atoms with Crippen LogP contribution < -0.4 is 0 Å². The molecule has 2 rings (SSSR count). The van der Waals surface area contributed by atoms with Crippen molar-refractivity contribution >= 4 is 5.91 Å². The van der Waals surface area contributed by atoms with E-state index in [1.165, 1.54) is 49.8 Å². The molecule has 0 unspecified atom stereocenters. The van der Waals surface area contributed by atoms with Crippen molar-refractivity contribution in [1.82, 2.24) is 4.90 Å². The highest BCUT2D eigenvalue weighted by atomic mass is 19.4. The van der Waals surface area contributed by atoms with Gasteiger partial charge in [0.2, 0.25) is 0 Å². The lowest BCUT2D eigenvalue weighted by molar-refractivity contribution is -0.137. The van der Waals surface area contributed by atoms with Gasteiger partial charge >= 0.3 is 6.18 Å². The van der Waals surface area contributed by atoms with Crippen LogP contribution in [0.15, 0.2) is 47.3 Å². The van der Waals surface area contributed by atoms with Crippen LogP contribution in [0.5, 0.6) is 0 Å². The number of benzene rings is 1. The quantitative estimate of drug-likeness (QED) is 0.840. The maximum Gasteiger partial charge on any atom is 0.416 e. The van der Waals surface area contributed by atoms with E-state index in [-0.39, 0.29) is 12.5 Å². The highest BCUT2D eigenvalue weighted by molar-refractivity contribution is 5.93. The normalized spacial score (nSPS) is 12.9. The Labute approximate surface area is 131 Å². The largest absolute Gasteiger partial charge is 0.472 e. The van der Waals surface area contributed by atoms with Gasteiger partial charge in [-0.25, -0.2) is 0 Å². The number of alkyl halides is 3. The highest BCUT2D eigenvalue weighted by Crippen LogP contribution is 2.32. The number of rotatable bonds is 5. The Bertz CT molecular complexity index is 653. The zero-order valence-corrected chi connectivity index (χ0v) is 12.6. The van der Waals surface area contributed by atoms with Gasteiger partial charge in [0, 0.05) is 14.2 Å². The monoisotopic (exact) mass is 327 g/mol. The minimum Gasteiger partial charge on any atom is -0.472 e. The number of amides is 1. The lowest BCUT2D eigenvalue weighted by Gasteiger charge is -2.28. The molecule has 1 aromatic heterocycles. The molecule has 0 spiro atoms. The number of furan rings is 1. The summed E-state index contributed by atoms with van der Waals surface area (Å²) < 4.78 is 48.6. The van der Waals surface area contributed by atoms with Crippen LogP contribution in [0, 0.1) is 0 Å². The minimum atomic E-state index is -4.44. The SMILES string of the molecule is COC[C@H](c1cccc(C(F)(F)F)c1)N(C)C(=O)c1ccoc1. The smallest absolute Gasteiger partial charge is 0.416 e. The van der Waals surface area contributed by atoms with Gasteiger partial charge in [-0.3, -0.25) is 4.79 Å². The van der Waals surface area contributed by atoms with E-state index >= 15 is 0 Å². The summed E-state index contributed by atoms with van der Waals surface area (Å²) in [6.07, 6.45) is -1.80. The van der Waals surface area contributed by atoms with E-state index in [9.17, 15) is 18.0 Å². The molecule has 0 saturated heterocycles. The molecule has 124 valence electrons. The summed E-state index contributed by atoms with van der Waals surface area (Å²) in [5.74, 6) is -0.363. The first-order valence-corrected chi connectivity index (χ1v) is 6.80. The van der Waals surface area contributed by atoms with Gasteiger partial charge in [-0.05, 0) is 23.8 Å². The van der Waals surface area contributed by atoms with Crippen LogP contribution in [0.1, 0.15) is 27.5 Å². The third-order valence-corrected chi connectivity index (χ3v) is 3.48. The Morgan fingerprint density at radius 3 is 2.65 bits per heavy atom. The fourth-order valence-electron chi connectivity index (χ4n) is 2.24. The summed E-state index contributed by atoms with van der Waals surface area (Å²) in [4.78, 5) is 13.7. The zero-order chi connectivity index (χ0) is 17.0. The third-order valence-electron chi connectivity index (χ3n) is 3.48. The summed E-state index contributed by atoms with van der Waals surface area (Å²) in [6.45, 7) is 0.0708. The van der Waals surface area contributed by atoms with Crippen LogP contribution in [-0.4, -0.2) is 31.6 Å². The predicted octanol–water partition coefficient (Wildman–Crippen LogP) is 3.76. The molecule has 1 amide bonds. The minimum absolute atomic E-state index is 0.0708. The molecule has 0 radical (unpaired) electrons. The third kappa shape index (κ3) is 3.92. The first-order chi connectivity index (χ1) is 10.8. The van der Waals surface area contributed by atoms with Crippen molar-refractivity contribution in [1.29, 1.82) is 0 Å². The van der Waals surface area contributed by atoms with Crippen LogP contribution >= 0.6 is 0 Å². The molecule has 4 nitrogen and oxygen atoms in total. The number of methoxy groups -OCH3 is 1. The van der Waals surface area contributed by atoms with Crippen molar-refractivity contribution < 1.29 is 27.1 Å². The van der Waals surface area contributed by atoms with E-state index in [0.717, 1.165) is 12.1 Å². The molecule has 1 heterocycles. The van der Waals surface area contributed by atoms with Crippen LogP contribution in [0.25, 0.3) is 0 Å². The molecule has 0 bridgehead atoms. The first kappa shape index (κ1) is 17.1. The van der Waals surface area contributed by atoms with E-state index in [4.69, 9.17) is 9.15 Å². The molecular weight excluding hydrogens is 311 g/mol. The molecule has 0 fully saturated rings. The summed E-state index contributed by atoms with van der Waals surface area (Å²) in [5, 5.41) is 0. The number of hydrogen-bond acceptors (Lipinski definition) is 3. The number of carbonyl (C=O) groups is 1. The molecule has 1 atom stereocenters. The zero-order valence-electron chi connectivity index (χ0n) is 12.6. The summed E-state index contributed by atoms with van der Waals surface area (Å²) >= 11 is 0. The van der Waals surface area contributed by atoms with E-state index in [2.05, 4.69) is 0 Å². The second kappa shape index (κ2) is 6.87. The molecule has 0 aliphatic heterocycles. The van der Waals surface area contributed by atoms with Crippen LogP contribution in [0.3, 0.4) is 0 Å². The van der Waals surface area contributed by atoms with Gasteiger partial charge in [-0.15, -0.1) is 0 Å². The van der Waals surface area contributed by atoms with Crippen LogP contribution in [0.4, 0.5) is 13.2 Å². The van der Waals surface area contributed by atoms with Crippen molar-refractivity contribution in [3.05, 3.63) is 59.5 Å². The molecule has 0 aliphatic rings. The first-order valence-electron chi connectivity index (χ1n) is 6.80. The van der Waals surface area contributed by atoms with E-state index in [1.54, 1.807) is 0 Å². The summed E-state index contributed by atoms with van der Waals surface area (Å²) in [6, 6.07) is 5.72. The van der Waals surface area contributed by atoms with Gasteiger partial charge in [0.1, 0.15) is 6.26 Å². The van der Waals surface area contributed by atoms with Crippen LogP contribution in [0.2, 0.25) is 0 Å². The number of hydrogen-bond donors (Lipinski definition) is 0. The van der Waals surface area contributed by atoms with Crippen LogP contribution in [-0.2, 0) is 10.9 Å². The van der Waals surface area contributed by atoms with Crippen molar-refractivity contribution in [2.45, 2.75) is 12.2 Å². The summed E-state index contributed by atoms with van der Waals surface area (Å²) in [7, 11) is 2.94. The van der Waals surface area contributed by atoms with Crippen molar-refractivity contribution in [2.75, 3.05) is 20.8 Å². The van der Waals surface area contributed by atoms with E-state index in [0.29, 0.717) is 11.1 Å². The van der Waals surface area contributed by atoms with Gasteiger partial charge in [0.15, 0.2) is 0 Å². The molecule has 0 N–H and O–H groups in total. The average Bonchev–Trinajstić information content (AvgIpc) is 3.05. The molecule has 2 aromatic rings.